The molecule has 30 heavy (non-hydrogen) atoms. The van der Waals surface area contributed by atoms with E-state index in [1.54, 1.807) is 0 Å². The third-order valence-corrected chi connectivity index (χ3v) is 5.59. The molecule has 1 aromatic carbocycles. The fourth-order valence-corrected chi connectivity index (χ4v) is 4.10. The van der Waals surface area contributed by atoms with E-state index in [4.69, 9.17) is 4.98 Å². The number of rotatable bonds is 6. The highest BCUT2D eigenvalue weighted by Gasteiger charge is 2.16. The molecule has 3 heterocycles. The molecule has 1 fully saturated rings. The lowest BCUT2D eigenvalue weighted by atomic mass is 10.1. The average molecular weight is 424 g/mol. The van der Waals surface area contributed by atoms with E-state index in [2.05, 4.69) is 30.7 Å². The molecule has 0 aliphatic carbocycles. The molecule has 2 aromatic heterocycles. The first-order chi connectivity index (χ1) is 14.5. The van der Waals surface area contributed by atoms with Crippen molar-refractivity contribution < 1.29 is 4.79 Å². The second-order valence-corrected chi connectivity index (χ2v) is 8.35. The Hall–Kier alpha value is -3.07. The number of hydrogen-bond acceptors (Lipinski definition) is 7. The van der Waals surface area contributed by atoms with Crippen molar-refractivity contribution in [2.45, 2.75) is 43.2 Å². The number of carbonyl (C=O) groups is 1. The van der Waals surface area contributed by atoms with Crippen LogP contribution in [-0.2, 0) is 4.79 Å². The van der Waals surface area contributed by atoms with E-state index in [9.17, 15) is 4.79 Å². The van der Waals surface area contributed by atoms with Gasteiger partial charge >= 0.3 is 0 Å². The van der Waals surface area contributed by atoms with E-state index in [0.29, 0.717) is 5.16 Å². The molecule has 0 saturated carbocycles. The van der Waals surface area contributed by atoms with Crippen LogP contribution in [0.5, 0.6) is 0 Å². The molecule has 0 bridgehead atoms. The fraction of sp³-hybridized carbons (Fsp3) is 0.333. The van der Waals surface area contributed by atoms with Gasteiger partial charge in [-0.1, -0.05) is 0 Å². The second kappa shape index (κ2) is 9.17. The molecule has 156 valence electrons. The van der Waals surface area contributed by atoms with Crippen molar-refractivity contribution in [2.75, 3.05) is 28.6 Å². The number of benzene rings is 1. The maximum absolute atomic E-state index is 11.2. The number of aromatic amines is 1. The van der Waals surface area contributed by atoms with Gasteiger partial charge in [-0.2, -0.15) is 5.10 Å². The predicted molar refractivity (Wildman–Crippen MR) is 120 cm³/mol. The summed E-state index contributed by atoms with van der Waals surface area (Å²) in [4.78, 5) is 24.0. The first-order valence-electron chi connectivity index (χ1n) is 10.0. The van der Waals surface area contributed by atoms with Crippen LogP contribution < -0.4 is 15.5 Å². The molecule has 1 amide bonds. The van der Waals surface area contributed by atoms with Crippen molar-refractivity contribution in [2.24, 2.45) is 0 Å². The van der Waals surface area contributed by atoms with Gasteiger partial charge in [0.1, 0.15) is 11.6 Å². The van der Waals surface area contributed by atoms with Crippen LogP contribution in [0, 0.1) is 6.92 Å². The fourth-order valence-electron chi connectivity index (χ4n) is 3.34. The van der Waals surface area contributed by atoms with Crippen LogP contribution in [0.25, 0.3) is 0 Å². The third kappa shape index (κ3) is 5.29. The lowest BCUT2D eigenvalue weighted by Crippen LogP contribution is -2.30. The summed E-state index contributed by atoms with van der Waals surface area (Å²) in [6.45, 7) is 5.47. The number of carbonyl (C=O) groups excluding carboxylic acids is 1. The molecule has 0 radical (unpaired) electrons. The average Bonchev–Trinajstić information content (AvgIpc) is 3.14. The van der Waals surface area contributed by atoms with Crippen molar-refractivity contribution in [3.8, 4) is 0 Å². The van der Waals surface area contributed by atoms with Gasteiger partial charge in [0, 0.05) is 48.4 Å². The summed E-state index contributed by atoms with van der Waals surface area (Å²) in [5, 5.41) is 13.9. The van der Waals surface area contributed by atoms with Crippen LogP contribution in [0.15, 0.2) is 46.5 Å². The van der Waals surface area contributed by atoms with Crippen LogP contribution >= 0.6 is 11.8 Å². The number of nitrogens with zero attached hydrogens (tertiary/aromatic N) is 4. The largest absolute Gasteiger partial charge is 0.356 e. The van der Waals surface area contributed by atoms with E-state index in [-0.39, 0.29) is 5.91 Å². The number of anilines is 4. The Kier molecular flexibility index (Phi) is 6.18. The van der Waals surface area contributed by atoms with Gasteiger partial charge < -0.3 is 15.5 Å². The molecular formula is C21H25N7OS. The first-order valence-corrected chi connectivity index (χ1v) is 10.9. The number of aromatic nitrogens is 4. The quantitative estimate of drug-likeness (QED) is 0.507. The summed E-state index contributed by atoms with van der Waals surface area (Å²) >= 11 is 1.49. The molecule has 9 heteroatoms. The Morgan fingerprint density at radius 2 is 1.83 bits per heavy atom. The van der Waals surface area contributed by atoms with Crippen LogP contribution in [0.3, 0.4) is 0 Å². The summed E-state index contributed by atoms with van der Waals surface area (Å²) in [5.41, 5.74) is 1.75. The van der Waals surface area contributed by atoms with Crippen molar-refractivity contribution in [1.82, 2.24) is 20.2 Å². The van der Waals surface area contributed by atoms with E-state index in [1.165, 1.54) is 37.9 Å². The molecule has 8 nitrogen and oxygen atoms in total. The minimum absolute atomic E-state index is 0.0858. The Morgan fingerprint density at radius 1 is 1.07 bits per heavy atom. The number of piperidine rings is 1. The Balaban J connectivity index is 1.58. The van der Waals surface area contributed by atoms with E-state index < -0.39 is 0 Å². The second-order valence-electron chi connectivity index (χ2n) is 7.31. The van der Waals surface area contributed by atoms with Crippen molar-refractivity contribution in [1.29, 1.82) is 0 Å². The summed E-state index contributed by atoms with van der Waals surface area (Å²) < 4.78 is 0. The SMILES string of the molecule is CC(=O)Nc1ccc(Sc2nc(Nc3cc(C)[nH]n3)cc(N3CCCCC3)n2)cc1. The van der Waals surface area contributed by atoms with Crippen LogP contribution in [0.1, 0.15) is 31.9 Å². The third-order valence-electron chi connectivity index (χ3n) is 4.72. The maximum atomic E-state index is 11.2. The van der Waals surface area contributed by atoms with Gasteiger partial charge in [0.25, 0.3) is 0 Å². The highest BCUT2D eigenvalue weighted by Crippen LogP contribution is 2.30. The normalized spacial score (nSPS) is 13.9. The minimum atomic E-state index is -0.0858. The van der Waals surface area contributed by atoms with Crippen LogP contribution in [-0.4, -0.2) is 39.2 Å². The minimum Gasteiger partial charge on any atom is -0.356 e. The van der Waals surface area contributed by atoms with Gasteiger partial charge in [-0.25, -0.2) is 9.97 Å². The predicted octanol–water partition coefficient (Wildman–Crippen LogP) is 4.35. The van der Waals surface area contributed by atoms with E-state index >= 15 is 0 Å². The van der Waals surface area contributed by atoms with Crippen molar-refractivity contribution in [3.63, 3.8) is 0 Å². The summed E-state index contributed by atoms with van der Waals surface area (Å²) in [5.74, 6) is 2.29. The zero-order valence-electron chi connectivity index (χ0n) is 17.1. The highest BCUT2D eigenvalue weighted by molar-refractivity contribution is 7.99. The summed E-state index contributed by atoms with van der Waals surface area (Å²) in [6, 6.07) is 11.6. The number of nitrogens with one attached hydrogen (secondary N) is 3. The monoisotopic (exact) mass is 423 g/mol. The van der Waals surface area contributed by atoms with Crippen molar-refractivity contribution >= 4 is 40.8 Å². The highest BCUT2D eigenvalue weighted by atomic mass is 32.2. The molecule has 1 saturated heterocycles. The van der Waals surface area contributed by atoms with Gasteiger partial charge in [-0.05, 0) is 62.2 Å². The van der Waals surface area contributed by atoms with Gasteiger partial charge in [-0.3, -0.25) is 9.89 Å². The van der Waals surface area contributed by atoms with E-state index in [1.807, 2.05) is 43.3 Å². The molecule has 0 atom stereocenters. The van der Waals surface area contributed by atoms with Gasteiger partial charge in [-0.15, -0.1) is 0 Å². The maximum Gasteiger partial charge on any atom is 0.221 e. The molecule has 0 unspecified atom stereocenters. The number of aryl methyl sites for hydroxylation is 1. The first kappa shape index (κ1) is 20.2. The van der Waals surface area contributed by atoms with E-state index in [0.717, 1.165) is 46.8 Å². The summed E-state index contributed by atoms with van der Waals surface area (Å²) in [7, 11) is 0. The number of H-pyrrole nitrogens is 1. The Labute approximate surface area is 179 Å². The molecule has 4 rings (SSSR count). The number of hydrogen-bond donors (Lipinski definition) is 3. The lowest BCUT2D eigenvalue weighted by Gasteiger charge is -2.28. The molecular weight excluding hydrogens is 398 g/mol. The number of amides is 1. The standard InChI is InChI=1S/C21H25N7OS/c1-14-12-19(27-26-14)23-18-13-20(28-10-4-3-5-11-28)25-21(24-18)30-17-8-6-16(7-9-17)22-15(2)29/h6-9,12-13H,3-5,10-11H2,1-2H3,(H,22,29)(H2,23,24,25,26,27). The molecule has 1 aliphatic rings. The zero-order valence-corrected chi connectivity index (χ0v) is 17.9. The molecule has 3 aromatic rings. The molecule has 1 aliphatic heterocycles. The lowest BCUT2D eigenvalue weighted by molar-refractivity contribution is -0.114. The zero-order chi connectivity index (χ0) is 20.9. The molecule has 3 N–H and O–H groups in total. The Bertz CT molecular complexity index is 1010. The van der Waals surface area contributed by atoms with Crippen LogP contribution in [0.4, 0.5) is 23.1 Å². The summed E-state index contributed by atoms with van der Waals surface area (Å²) in [6.07, 6.45) is 3.62. The van der Waals surface area contributed by atoms with Gasteiger partial charge in [0.2, 0.25) is 5.91 Å². The Morgan fingerprint density at radius 3 is 2.50 bits per heavy atom. The van der Waals surface area contributed by atoms with Gasteiger partial charge in [0.05, 0.1) is 0 Å². The van der Waals surface area contributed by atoms with Crippen LogP contribution in [0.2, 0.25) is 0 Å². The van der Waals surface area contributed by atoms with Gasteiger partial charge in [0.15, 0.2) is 11.0 Å². The van der Waals surface area contributed by atoms with Crippen molar-refractivity contribution in [3.05, 3.63) is 42.1 Å². The topological polar surface area (TPSA) is 98.8 Å². The molecule has 0 spiro atoms. The smallest absolute Gasteiger partial charge is 0.221 e.